The monoisotopic (exact) mass is 380 g/mol. The Hall–Kier alpha value is -2.57. The van der Waals surface area contributed by atoms with E-state index in [9.17, 15) is 13.2 Å². The molecule has 0 spiro atoms. The number of piperidine rings is 1. The first-order valence-electron chi connectivity index (χ1n) is 8.90. The number of methoxy groups -OCH3 is 1. The van der Waals surface area contributed by atoms with Gasteiger partial charge in [0, 0.05) is 37.6 Å². The van der Waals surface area contributed by atoms with Crippen molar-refractivity contribution in [1.82, 2.24) is 0 Å². The maximum atomic E-state index is 12.6. The van der Waals surface area contributed by atoms with E-state index in [1.165, 1.54) is 44.6 Å². The van der Waals surface area contributed by atoms with Crippen molar-refractivity contribution < 1.29 is 22.6 Å². The van der Waals surface area contributed by atoms with E-state index in [-0.39, 0.29) is 5.75 Å². The molecule has 0 aliphatic carbocycles. The first kappa shape index (κ1) is 19.2. The van der Waals surface area contributed by atoms with Crippen LogP contribution in [0.4, 0.5) is 30.2 Å². The van der Waals surface area contributed by atoms with Crippen molar-refractivity contribution in [2.45, 2.75) is 25.6 Å². The van der Waals surface area contributed by atoms with Gasteiger partial charge in [0.25, 0.3) is 0 Å². The van der Waals surface area contributed by atoms with Crippen LogP contribution in [0.1, 0.15) is 19.3 Å². The molecule has 146 valence electrons. The second kappa shape index (κ2) is 7.98. The minimum atomic E-state index is -4.74. The molecule has 0 amide bonds. The predicted octanol–water partition coefficient (Wildman–Crippen LogP) is 5.35. The molecule has 1 aliphatic heterocycles. The molecule has 1 fully saturated rings. The van der Waals surface area contributed by atoms with E-state index >= 15 is 0 Å². The number of halogens is 3. The van der Waals surface area contributed by atoms with Gasteiger partial charge in [-0.1, -0.05) is 6.07 Å². The predicted molar refractivity (Wildman–Crippen MR) is 100 cm³/mol. The van der Waals surface area contributed by atoms with E-state index in [0.29, 0.717) is 11.4 Å². The Morgan fingerprint density at radius 2 is 1.74 bits per heavy atom. The van der Waals surface area contributed by atoms with Crippen molar-refractivity contribution in [3.63, 3.8) is 0 Å². The van der Waals surface area contributed by atoms with Gasteiger partial charge in [-0.15, -0.1) is 13.2 Å². The highest BCUT2D eigenvalue weighted by Crippen LogP contribution is 2.38. The molecule has 1 saturated heterocycles. The maximum Gasteiger partial charge on any atom is 0.573 e. The summed E-state index contributed by atoms with van der Waals surface area (Å²) >= 11 is 0. The van der Waals surface area contributed by atoms with Gasteiger partial charge in [-0.3, -0.25) is 0 Å². The summed E-state index contributed by atoms with van der Waals surface area (Å²) in [6.45, 7) is 2.04. The van der Waals surface area contributed by atoms with Crippen molar-refractivity contribution in [1.29, 1.82) is 0 Å². The van der Waals surface area contributed by atoms with Crippen LogP contribution >= 0.6 is 0 Å². The molecule has 0 atom stereocenters. The Labute approximate surface area is 157 Å². The number of nitrogens with zero attached hydrogens (tertiary/aromatic N) is 2. The number of hydrogen-bond donors (Lipinski definition) is 0. The minimum absolute atomic E-state index is 0.280. The molecule has 0 saturated carbocycles. The van der Waals surface area contributed by atoms with E-state index in [1.807, 2.05) is 18.2 Å². The molecular formula is C20H23F3N2O2. The molecular weight excluding hydrogens is 357 g/mol. The summed E-state index contributed by atoms with van der Waals surface area (Å²) in [4.78, 5) is 4.14. The molecule has 0 bridgehead atoms. The minimum Gasteiger partial charge on any atom is -0.495 e. The fourth-order valence-corrected chi connectivity index (χ4v) is 3.32. The molecule has 3 rings (SSSR count). The van der Waals surface area contributed by atoms with Crippen LogP contribution in [0.25, 0.3) is 0 Å². The highest BCUT2D eigenvalue weighted by Gasteiger charge is 2.31. The van der Waals surface area contributed by atoms with Gasteiger partial charge in [0.2, 0.25) is 0 Å². The van der Waals surface area contributed by atoms with E-state index in [0.717, 1.165) is 24.5 Å². The first-order valence-corrected chi connectivity index (χ1v) is 8.90. The zero-order valence-electron chi connectivity index (χ0n) is 15.4. The first-order chi connectivity index (χ1) is 12.9. The smallest absolute Gasteiger partial charge is 0.495 e. The lowest BCUT2D eigenvalue weighted by atomic mass is 10.1. The van der Waals surface area contributed by atoms with Gasteiger partial charge in [0.1, 0.15) is 11.5 Å². The Kier molecular flexibility index (Phi) is 5.68. The molecule has 27 heavy (non-hydrogen) atoms. The number of ether oxygens (including phenoxy) is 2. The number of rotatable bonds is 5. The van der Waals surface area contributed by atoms with Gasteiger partial charge in [-0.25, -0.2) is 0 Å². The van der Waals surface area contributed by atoms with Gasteiger partial charge in [-0.2, -0.15) is 0 Å². The number of alkyl halides is 3. The molecule has 0 radical (unpaired) electrons. The molecule has 0 N–H and O–H groups in total. The van der Waals surface area contributed by atoms with E-state index in [1.54, 1.807) is 11.9 Å². The summed E-state index contributed by atoms with van der Waals surface area (Å²) in [5.41, 5.74) is 2.47. The Morgan fingerprint density at radius 3 is 2.41 bits per heavy atom. The van der Waals surface area contributed by atoms with Gasteiger partial charge >= 0.3 is 6.36 Å². The van der Waals surface area contributed by atoms with Crippen molar-refractivity contribution in [3.8, 4) is 11.5 Å². The van der Waals surface area contributed by atoms with Gasteiger partial charge in [0.15, 0.2) is 0 Å². The van der Waals surface area contributed by atoms with Crippen molar-refractivity contribution >= 4 is 17.1 Å². The second-order valence-electron chi connectivity index (χ2n) is 6.51. The molecule has 2 aromatic rings. The summed E-state index contributed by atoms with van der Waals surface area (Å²) in [5.74, 6) is 0.188. The topological polar surface area (TPSA) is 24.9 Å². The van der Waals surface area contributed by atoms with Gasteiger partial charge in [0.05, 0.1) is 12.8 Å². The third kappa shape index (κ3) is 4.78. The van der Waals surface area contributed by atoms with Gasteiger partial charge < -0.3 is 19.3 Å². The summed E-state index contributed by atoms with van der Waals surface area (Å²) in [6.07, 6.45) is -1.15. The molecule has 7 heteroatoms. The number of anilines is 3. The van der Waals surface area contributed by atoms with Crippen LogP contribution in [0.15, 0.2) is 42.5 Å². The lowest BCUT2D eigenvalue weighted by molar-refractivity contribution is -0.274. The van der Waals surface area contributed by atoms with Crippen LogP contribution in [-0.2, 0) is 0 Å². The normalized spacial score (nSPS) is 14.8. The van der Waals surface area contributed by atoms with Crippen LogP contribution in [0.5, 0.6) is 11.5 Å². The van der Waals surface area contributed by atoms with Crippen LogP contribution in [0.2, 0.25) is 0 Å². The van der Waals surface area contributed by atoms with E-state index < -0.39 is 6.36 Å². The quantitative estimate of drug-likeness (QED) is 0.698. The second-order valence-corrected chi connectivity index (χ2v) is 6.51. The van der Waals surface area contributed by atoms with Crippen LogP contribution in [-0.4, -0.2) is 33.6 Å². The molecule has 0 unspecified atom stereocenters. The highest BCUT2D eigenvalue weighted by atomic mass is 19.4. The molecule has 2 aromatic carbocycles. The van der Waals surface area contributed by atoms with Crippen molar-refractivity contribution in [2.24, 2.45) is 0 Å². The fraction of sp³-hybridized carbons (Fsp3) is 0.400. The third-order valence-electron chi connectivity index (χ3n) is 4.68. The van der Waals surface area contributed by atoms with Crippen LogP contribution in [0.3, 0.4) is 0 Å². The Bertz CT molecular complexity index is 774. The van der Waals surface area contributed by atoms with Crippen LogP contribution < -0.4 is 19.3 Å². The lowest BCUT2D eigenvalue weighted by Crippen LogP contribution is -2.29. The fourth-order valence-electron chi connectivity index (χ4n) is 3.32. The highest BCUT2D eigenvalue weighted by molar-refractivity contribution is 5.72. The summed E-state index contributed by atoms with van der Waals surface area (Å²) in [5, 5.41) is 0. The zero-order valence-corrected chi connectivity index (χ0v) is 15.4. The Balaban J connectivity index is 1.90. The molecule has 0 aromatic heterocycles. The molecule has 1 heterocycles. The van der Waals surface area contributed by atoms with E-state index in [4.69, 9.17) is 4.74 Å². The maximum absolute atomic E-state index is 12.6. The SMILES string of the molecule is COc1ccc(OC(F)(F)F)cc1N(C)c1cccc(N2CCCCC2)c1. The summed E-state index contributed by atoms with van der Waals surface area (Å²) in [7, 11) is 3.28. The summed E-state index contributed by atoms with van der Waals surface area (Å²) < 4.78 is 47.1. The Morgan fingerprint density at radius 1 is 1.00 bits per heavy atom. The third-order valence-corrected chi connectivity index (χ3v) is 4.68. The molecule has 4 nitrogen and oxygen atoms in total. The molecule has 1 aliphatic rings. The number of benzene rings is 2. The van der Waals surface area contributed by atoms with Crippen molar-refractivity contribution in [2.75, 3.05) is 37.0 Å². The van der Waals surface area contributed by atoms with Crippen LogP contribution in [0, 0.1) is 0 Å². The number of hydrogen-bond acceptors (Lipinski definition) is 4. The zero-order chi connectivity index (χ0) is 19.4. The largest absolute Gasteiger partial charge is 0.573 e. The summed E-state index contributed by atoms with van der Waals surface area (Å²) in [6, 6.07) is 12.0. The average Bonchev–Trinajstić information content (AvgIpc) is 2.67. The lowest BCUT2D eigenvalue weighted by Gasteiger charge is -2.30. The van der Waals surface area contributed by atoms with Gasteiger partial charge in [-0.05, 0) is 49.6 Å². The van der Waals surface area contributed by atoms with Crippen molar-refractivity contribution in [3.05, 3.63) is 42.5 Å². The standard InChI is InChI=1S/C20H23F3N2O2/c1-24(15-7-6-8-16(13-15)25-11-4-3-5-12-25)18-14-17(27-20(21,22)23)9-10-19(18)26-2/h6-10,13-14H,3-5,11-12H2,1-2H3. The van der Waals surface area contributed by atoms with E-state index in [2.05, 4.69) is 15.7 Å². The average molecular weight is 380 g/mol.